The summed E-state index contributed by atoms with van der Waals surface area (Å²) in [5.74, 6) is 0.677. The average molecular weight is 144 g/mol. The van der Waals surface area contributed by atoms with Gasteiger partial charge in [-0.2, -0.15) is 0 Å². The summed E-state index contributed by atoms with van der Waals surface area (Å²) in [6.07, 6.45) is 1.30. The van der Waals surface area contributed by atoms with Gasteiger partial charge in [0.05, 0.1) is 0 Å². The molecule has 0 unspecified atom stereocenters. The molecule has 0 aromatic rings. The van der Waals surface area contributed by atoms with E-state index in [1.54, 1.807) is 0 Å². The molecule has 0 aromatic heterocycles. The predicted octanol–water partition coefficient (Wildman–Crippen LogP) is 1.71. The Labute approximate surface area is 58.1 Å². The number of hydrogen-bond acceptors (Lipinski definition) is 1. The molecule has 2 heteroatoms. The zero-order valence-electron chi connectivity index (χ0n) is 6.52. The molecule has 2 atom stereocenters. The molecule has 0 radical (unpaired) electrons. The summed E-state index contributed by atoms with van der Waals surface area (Å²) in [4.78, 5) is 0. The van der Waals surface area contributed by atoms with Crippen LogP contribution in [0.25, 0.3) is 0 Å². The molecular formula is C7H16OSi. The molecule has 1 N–H and O–H groups in total. The van der Waals surface area contributed by atoms with E-state index in [2.05, 4.69) is 19.6 Å². The second-order valence-electron chi connectivity index (χ2n) is 4.15. The lowest BCUT2D eigenvalue weighted by Crippen LogP contribution is -2.21. The van der Waals surface area contributed by atoms with Crippen molar-refractivity contribution in [3.8, 4) is 0 Å². The van der Waals surface area contributed by atoms with Gasteiger partial charge in [0.2, 0.25) is 0 Å². The van der Waals surface area contributed by atoms with Gasteiger partial charge in [0, 0.05) is 14.7 Å². The van der Waals surface area contributed by atoms with Crippen molar-refractivity contribution in [2.75, 3.05) is 6.61 Å². The van der Waals surface area contributed by atoms with Crippen molar-refractivity contribution in [2.24, 2.45) is 5.92 Å². The summed E-state index contributed by atoms with van der Waals surface area (Å²) in [7, 11) is -0.868. The van der Waals surface area contributed by atoms with Gasteiger partial charge in [-0.05, 0) is 17.9 Å². The van der Waals surface area contributed by atoms with Crippen molar-refractivity contribution in [3.05, 3.63) is 0 Å². The zero-order chi connectivity index (χ0) is 7.07. The summed E-state index contributed by atoms with van der Waals surface area (Å²) in [5.41, 5.74) is 0.919. The maximum absolute atomic E-state index is 8.76. The quantitative estimate of drug-likeness (QED) is 0.585. The van der Waals surface area contributed by atoms with Crippen LogP contribution in [0.3, 0.4) is 0 Å². The summed E-state index contributed by atoms with van der Waals surface area (Å²) < 4.78 is 0. The van der Waals surface area contributed by atoms with Crippen LogP contribution in [0.1, 0.15) is 6.42 Å². The van der Waals surface area contributed by atoms with Crippen LogP contribution >= 0.6 is 0 Å². The van der Waals surface area contributed by atoms with E-state index in [0.717, 1.165) is 5.54 Å². The van der Waals surface area contributed by atoms with Crippen LogP contribution < -0.4 is 0 Å². The molecule has 0 amide bonds. The lowest BCUT2D eigenvalue weighted by atomic mass is 10.5. The van der Waals surface area contributed by atoms with Crippen molar-refractivity contribution in [3.63, 3.8) is 0 Å². The molecule has 54 valence electrons. The smallest absolute Gasteiger partial charge is 0.0477 e. The van der Waals surface area contributed by atoms with Crippen LogP contribution in [-0.4, -0.2) is 19.8 Å². The molecule has 1 aliphatic rings. The molecular weight excluding hydrogens is 128 g/mol. The fraction of sp³-hybridized carbons (Fsp3) is 1.00. The van der Waals surface area contributed by atoms with Crippen molar-refractivity contribution >= 4 is 8.07 Å². The number of rotatable bonds is 2. The molecule has 0 saturated heterocycles. The predicted molar refractivity (Wildman–Crippen MR) is 42.3 cm³/mol. The molecule has 0 aromatic carbocycles. The summed E-state index contributed by atoms with van der Waals surface area (Å²) in [5, 5.41) is 8.76. The van der Waals surface area contributed by atoms with E-state index in [4.69, 9.17) is 5.11 Å². The summed E-state index contributed by atoms with van der Waals surface area (Å²) in [6, 6.07) is 0. The highest BCUT2D eigenvalue weighted by Gasteiger charge is 2.45. The SMILES string of the molecule is C[Si](C)(C)[C@@H]1C[C@@H]1CO. The topological polar surface area (TPSA) is 20.2 Å². The first-order valence-electron chi connectivity index (χ1n) is 3.66. The van der Waals surface area contributed by atoms with Crippen molar-refractivity contribution in [2.45, 2.75) is 31.6 Å². The van der Waals surface area contributed by atoms with E-state index in [1.165, 1.54) is 6.42 Å². The van der Waals surface area contributed by atoms with Gasteiger partial charge >= 0.3 is 0 Å². The Balaban J connectivity index is 2.33. The standard InChI is InChI=1S/C7H16OSi/c1-9(2,3)7-4-6(7)5-8/h6-8H,4-5H2,1-3H3/t6-,7-/m1/s1. The second-order valence-corrected chi connectivity index (χ2v) is 9.62. The van der Waals surface area contributed by atoms with Crippen molar-refractivity contribution in [1.82, 2.24) is 0 Å². The number of aliphatic hydroxyl groups is 1. The third kappa shape index (κ3) is 1.55. The van der Waals surface area contributed by atoms with Gasteiger partial charge < -0.3 is 5.11 Å². The minimum Gasteiger partial charge on any atom is -0.396 e. The molecule has 1 aliphatic carbocycles. The summed E-state index contributed by atoms with van der Waals surface area (Å²) in [6.45, 7) is 7.57. The maximum atomic E-state index is 8.76. The van der Waals surface area contributed by atoms with E-state index in [9.17, 15) is 0 Å². The largest absolute Gasteiger partial charge is 0.396 e. The Kier molecular flexibility index (Phi) is 1.70. The Morgan fingerprint density at radius 3 is 2.11 bits per heavy atom. The summed E-state index contributed by atoms with van der Waals surface area (Å²) >= 11 is 0. The zero-order valence-corrected chi connectivity index (χ0v) is 7.52. The van der Waals surface area contributed by atoms with Gasteiger partial charge in [-0.1, -0.05) is 19.6 Å². The minimum absolute atomic E-state index is 0.426. The van der Waals surface area contributed by atoms with Crippen LogP contribution in [0.2, 0.25) is 25.2 Å². The van der Waals surface area contributed by atoms with Crippen LogP contribution in [0.5, 0.6) is 0 Å². The third-order valence-corrected chi connectivity index (χ3v) is 5.20. The van der Waals surface area contributed by atoms with E-state index < -0.39 is 8.07 Å². The molecule has 0 spiro atoms. The molecule has 1 saturated carbocycles. The first-order chi connectivity index (χ1) is 4.05. The number of hydrogen-bond donors (Lipinski definition) is 1. The first kappa shape index (κ1) is 7.29. The van der Waals surface area contributed by atoms with Crippen LogP contribution in [0.15, 0.2) is 0 Å². The van der Waals surface area contributed by atoms with Crippen LogP contribution in [0, 0.1) is 5.92 Å². The normalized spacial score (nSPS) is 34.7. The van der Waals surface area contributed by atoms with E-state index in [-0.39, 0.29) is 0 Å². The highest BCUT2D eigenvalue weighted by atomic mass is 28.3. The van der Waals surface area contributed by atoms with Crippen LogP contribution in [0.4, 0.5) is 0 Å². The molecule has 1 rings (SSSR count). The average Bonchev–Trinajstić information content (AvgIpc) is 2.39. The van der Waals surface area contributed by atoms with Gasteiger partial charge in [-0.15, -0.1) is 0 Å². The molecule has 0 heterocycles. The minimum atomic E-state index is -0.868. The van der Waals surface area contributed by atoms with E-state index in [0.29, 0.717) is 12.5 Å². The van der Waals surface area contributed by atoms with E-state index >= 15 is 0 Å². The highest BCUT2D eigenvalue weighted by molar-refractivity contribution is 6.78. The molecule has 9 heavy (non-hydrogen) atoms. The van der Waals surface area contributed by atoms with Gasteiger partial charge in [-0.3, -0.25) is 0 Å². The number of aliphatic hydroxyl groups excluding tert-OH is 1. The van der Waals surface area contributed by atoms with Gasteiger partial charge in [0.15, 0.2) is 0 Å². The molecule has 1 nitrogen and oxygen atoms in total. The van der Waals surface area contributed by atoms with Crippen molar-refractivity contribution in [1.29, 1.82) is 0 Å². The van der Waals surface area contributed by atoms with Gasteiger partial charge in [0.1, 0.15) is 0 Å². The molecule has 0 aliphatic heterocycles. The first-order valence-corrected chi connectivity index (χ1v) is 7.24. The highest BCUT2D eigenvalue weighted by Crippen LogP contribution is 2.51. The Morgan fingerprint density at radius 2 is 2.00 bits per heavy atom. The Bertz CT molecular complexity index is 106. The Hall–Kier alpha value is 0.177. The third-order valence-electron chi connectivity index (χ3n) is 2.27. The molecule has 1 fully saturated rings. The fourth-order valence-corrected chi connectivity index (χ4v) is 4.04. The van der Waals surface area contributed by atoms with Crippen molar-refractivity contribution < 1.29 is 5.11 Å². The van der Waals surface area contributed by atoms with E-state index in [1.807, 2.05) is 0 Å². The molecule has 0 bridgehead atoms. The second kappa shape index (κ2) is 2.10. The monoisotopic (exact) mass is 144 g/mol. The van der Waals surface area contributed by atoms with Gasteiger partial charge in [0.25, 0.3) is 0 Å². The maximum Gasteiger partial charge on any atom is 0.0477 e. The van der Waals surface area contributed by atoms with Crippen LogP contribution in [-0.2, 0) is 0 Å². The van der Waals surface area contributed by atoms with Gasteiger partial charge in [-0.25, -0.2) is 0 Å². The lowest BCUT2D eigenvalue weighted by Gasteiger charge is -2.14. The Morgan fingerprint density at radius 1 is 1.44 bits per heavy atom. The fourth-order valence-electron chi connectivity index (χ4n) is 1.51. The lowest BCUT2D eigenvalue weighted by molar-refractivity contribution is 0.276.